The number of imidazole rings is 1. The minimum Gasteiger partial charge on any atom is -0.492 e. The van der Waals surface area contributed by atoms with Crippen LogP contribution in [0.2, 0.25) is 0 Å². The molecular formula is C17H10F3N3O2. The van der Waals surface area contributed by atoms with Crippen molar-refractivity contribution in [2.45, 2.75) is 6.18 Å². The smallest absolute Gasteiger partial charge is 0.416 e. The number of aromatic hydroxyl groups is 1. The normalized spacial score (nSPS) is 12.1. The van der Waals surface area contributed by atoms with E-state index < -0.39 is 17.3 Å². The number of nitrogens with zero attached hydrogens (tertiary/aromatic N) is 2. The average Bonchev–Trinajstić information content (AvgIpc) is 2.91. The molecule has 0 saturated heterocycles. The third-order valence-corrected chi connectivity index (χ3v) is 3.95. The molecule has 0 aliphatic rings. The van der Waals surface area contributed by atoms with E-state index in [1.807, 2.05) is 0 Å². The minimum absolute atomic E-state index is 0.0152. The molecule has 8 heteroatoms. The fourth-order valence-electron chi connectivity index (χ4n) is 2.84. The molecule has 0 radical (unpaired) electrons. The Labute approximate surface area is 138 Å². The standard InChI is InChI=1S/C17H10F3N3O2/c18-17(19,20)10-5-3-4-9(8-10)14-21-16(25)13-11-6-1-2-7-12(11)15(24)22-23(13)14/h1-8,25H,(H,22,24). The Hall–Kier alpha value is -3.29. The first-order valence-electron chi connectivity index (χ1n) is 7.26. The summed E-state index contributed by atoms with van der Waals surface area (Å²) in [4.78, 5) is 16.2. The number of aromatic nitrogens is 3. The molecule has 0 bridgehead atoms. The zero-order chi connectivity index (χ0) is 17.8. The summed E-state index contributed by atoms with van der Waals surface area (Å²) in [6.07, 6.45) is -4.51. The summed E-state index contributed by atoms with van der Waals surface area (Å²) in [7, 11) is 0. The van der Waals surface area contributed by atoms with E-state index >= 15 is 0 Å². The quantitative estimate of drug-likeness (QED) is 0.554. The van der Waals surface area contributed by atoms with E-state index in [-0.39, 0.29) is 22.8 Å². The molecule has 2 aromatic carbocycles. The van der Waals surface area contributed by atoms with Crippen LogP contribution in [0.3, 0.4) is 0 Å². The molecule has 126 valence electrons. The van der Waals surface area contributed by atoms with E-state index in [0.717, 1.165) is 12.1 Å². The summed E-state index contributed by atoms with van der Waals surface area (Å²) in [5, 5.41) is 13.5. The van der Waals surface area contributed by atoms with Gasteiger partial charge < -0.3 is 5.11 Å². The first-order valence-corrected chi connectivity index (χ1v) is 7.26. The van der Waals surface area contributed by atoms with Gasteiger partial charge in [-0.15, -0.1) is 0 Å². The van der Waals surface area contributed by atoms with Gasteiger partial charge in [-0.2, -0.15) is 18.2 Å². The number of fused-ring (bicyclic) bond motifs is 3. The zero-order valence-electron chi connectivity index (χ0n) is 12.5. The number of hydrogen-bond donors (Lipinski definition) is 2. The lowest BCUT2D eigenvalue weighted by Gasteiger charge is -2.08. The van der Waals surface area contributed by atoms with Crippen LogP contribution in [0, 0.1) is 0 Å². The van der Waals surface area contributed by atoms with Gasteiger partial charge in [0.25, 0.3) is 5.56 Å². The molecule has 0 aliphatic heterocycles. The van der Waals surface area contributed by atoms with Crippen molar-refractivity contribution in [1.29, 1.82) is 0 Å². The van der Waals surface area contributed by atoms with Crippen LogP contribution in [0.4, 0.5) is 13.2 Å². The van der Waals surface area contributed by atoms with E-state index in [2.05, 4.69) is 10.1 Å². The van der Waals surface area contributed by atoms with Crippen molar-refractivity contribution in [1.82, 2.24) is 14.6 Å². The van der Waals surface area contributed by atoms with Crippen molar-refractivity contribution in [2.75, 3.05) is 0 Å². The molecule has 2 aromatic heterocycles. The van der Waals surface area contributed by atoms with Crippen LogP contribution in [0.1, 0.15) is 5.56 Å². The summed E-state index contributed by atoms with van der Waals surface area (Å²) < 4.78 is 40.0. The monoisotopic (exact) mass is 345 g/mol. The molecule has 0 saturated carbocycles. The Morgan fingerprint density at radius 1 is 1.04 bits per heavy atom. The number of benzene rings is 2. The van der Waals surface area contributed by atoms with Gasteiger partial charge in [0.1, 0.15) is 5.52 Å². The molecule has 5 nitrogen and oxygen atoms in total. The fraction of sp³-hybridized carbons (Fsp3) is 0.0588. The largest absolute Gasteiger partial charge is 0.492 e. The van der Waals surface area contributed by atoms with Crippen molar-refractivity contribution in [3.63, 3.8) is 0 Å². The lowest BCUT2D eigenvalue weighted by atomic mass is 10.1. The van der Waals surface area contributed by atoms with Crippen LogP contribution in [-0.4, -0.2) is 19.7 Å². The zero-order valence-corrected chi connectivity index (χ0v) is 12.5. The van der Waals surface area contributed by atoms with Crippen LogP contribution in [0.25, 0.3) is 27.7 Å². The van der Waals surface area contributed by atoms with Gasteiger partial charge in [0.2, 0.25) is 5.88 Å². The van der Waals surface area contributed by atoms with Crippen molar-refractivity contribution < 1.29 is 18.3 Å². The summed E-state index contributed by atoms with van der Waals surface area (Å²) >= 11 is 0. The number of halogens is 3. The topological polar surface area (TPSA) is 70.4 Å². The second kappa shape index (κ2) is 5.10. The number of alkyl halides is 3. The molecule has 25 heavy (non-hydrogen) atoms. The number of aromatic amines is 1. The van der Waals surface area contributed by atoms with Gasteiger partial charge >= 0.3 is 6.18 Å². The van der Waals surface area contributed by atoms with Crippen molar-refractivity contribution in [2.24, 2.45) is 0 Å². The molecule has 0 spiro atoms. The summed E-state index contributed by atoms with van der Waals surface area (Å²) in [6.45, 7) is 0. The highest BCUT2D eigenvalue weighted by Crippen LogP contribution is 2.34. The van der Waals surface area contributed by atoms with Crippen LogP contribution in [0.5, 0.6) is 5.88 Å². The van der Waals surface area contributed by atoms with Gasteiger partial charge in [0.05, 0.1) is 10.9 Å². The first kappa shape index (κ1) is 15.3. The van der Waals surface area contributed by atoms with Gasteiger partial charge in [0, 0.05) is 10.9 Å². The molecule has 4 aromatic rings. The van der Waals surface area contributed by atoms with Crippen LogP contribution in [-0.2, 0) is 6.18 Å². The minimum atomic E-state index is -4.51. The predicted octanol–water partition coefficient (Wildman–Crippen LogP) is 3.57. The summed E-state index contributed by atoms with van der Waals surface area (Å²) in [5.41, 5.74) is -0.934. The Bertz CT molecular complexity index is 1180. The van der Waals surface area contributed by atoms with E-state index in [4.69, 9.17) is 0 Å². The third kappa shape index (κ3) is 2.34. The molecule has 0 unspecified atom stereocenters. The molecule has 0 aliphatic carbocycles. The van der Waals surface area contributed by atoms with Crippen molar-refractivity contribution in [3.8, 4) is 17.3 Å². The van der Waals surface area contributed by atoms with Gasteiger partial charge in [-0.05, 0) is 18.2 Å². The van der Waals surface area contributed by atoms with Crippen molar-refractivity contribution in [3.05, 3.63) is 64.4 Å². The first-order chi connectivity index (χ1) is 11.9. The molecule has 0 atom stereocenters. The fourth-order valence-corrected chi connectivity index (χ4v) is 2.84. The maximum Gasteiger partial charge on any atom is 0.416 e. The van der Waals surface area contributed by atoms with Crippen LogP contribution >= 0.6 is 0 Å². The van der Waals surface area contributed by atoms with E-state index in [1.54, 1.807) is 24.3 Å². The highest BCUT2D eigenvalue weighted by molar-refractivity contribution is 5.98. The van der Waals surface area contributed by atoms with E-state index in [1.165, 1.54) is 16.6 Å². The number of rotatable bonds is 1. The Balaban J connectivity index is 2.06. The highest BCUT2D eigenvalue weighted by Gasteiger charge is 2.31. The summed E-state index contributed by atoms with van der Waals surface area (Å²) in [5.74, 6) is -0.360. The van der Waals surface area contributed by atoms with Gasteiger partial charge in [0.15, 0.2) is 5.82 Å². The highest BCUT2D eigenvalue weighted by atomic mass is 19.4. The average molecular weight is 345 g/mol. The number of nitrogens with one attached hydrogen (secondary N) is 1. The second-order valence-corrected chi connectivity index (χ2v) is 5.51. The van der Waals surface area contributed by atoms with Crippen LogP contribution < -0.4 is 5.56 Å². The van der Waals surface area contributed by atoms with Crippen molar-refractivity contribution >= 4 is 16.3 Å². The molecule has 4 rings (SSSR count). The van der Waals surface area contributed by atoms with E-state index in [0.29, 0.717) is 10.8 Å². The maximum absolute atomic E-state index is 12.9. The Morgan fingerprint density at radius 2 is 1.76 bits per heavy atom. The SMILES string of the molecule is O=c1[nH]n2c(-c3cccc(C(F)(F)F)c3)nc(O)c2c2ccccc12. The lowest BCUT2D eigenvalue weighted by Crippen LogP contribution is -2.12. The maximum atomic E-state index is 12.9. The predicted molar refractivity (Wildman–Crippen MR) is 85.4 cm³/mol. The van der Waals surface area contributed by atoms with Gasteiger partial charge in [-0.1, -0.05) is 30.3 Å². The molecular weight excluding hydrogens is 335 g/mol. The molecule has 0 amide bonds. The molecule has 0 fully saturated rings. The van der Waals surface area contributed by atoms with E-state index in [9.17, 15) is 23.1 Å². The molecule has 2 heterocycles. The summed E-state index contributed by atoms with van der Waals surface area (Å²) in [6, 6.07) is 11.1. The molecule has 2 N–H and O–H groups in total. The number of hydrogen-bond acceptors (Lipinski definition) is 3. The lowest BCUT2D eigenvalue weighted by molar-refractivity contribution is -0.137. The van der Waals surface area contributed by atoms with Crippen LogP contribution in [0.15, 0.2) is 53.3 Å². The Kier molecular flexibility index (Phi) is 3.11. The van der Waals surface area contributed by atoms with Gasteiger partial charge in [-0.3, -0.25) is 9.89 Å². The Morgan fingerprint density at radius 3 is 2.48 bits per heavy atom. The number of H-pyrrole nitrogens is 1. The second-order valence-electron chi connectivity index (χ2n) is 5.51. The van der Waals surface area contributed by atoms with Gasteiger partial charge in [-0.25, -0.2) is 4.52 Å². The third-order valence-electron chi connectivity index (χ3n) is 3.95.